The average Bonchev–Trinajstić information content (AvgIpc) is 3.68. The largest absolute Gasteiger partial charge is 0.494 e. The number of thiophene rings is 2. The molecule has 39 heavy (non-hydrogen) atoms. The van der Waals surface area contributed by atoms with Gasteiger partial charge in [-0.3, -0.25) is 14.9 Å². The molecule has 0 saturated carbocycles. The molecule has 2 N–H and O–H groups in total. The summed E-state index contributed by atoms with van der Waals surface area (Å²) in [5, 5.41) is 10.8. The Morgan fingerprint density at radius 1 is 1.10 bits per heavy atom. The molecule has 0 aliphatic carbocycles. The number of rotatable bonds is 8. The standard InChI is InChI=1S/C28H27N5O3S2.ClH/c1-33(21-15-23(34)30-27(21)35)26-24-20(22-6-4-14-37-22)16-38-28(24)32-25(31-26)17-7-9-19(10-8-17)36-13-11-18-5-2-3-12-29-18;/h4,6-10,14-16,18,29H,2-3,5,11-13H2,1H3,(H,30,34,35);1H. The number of benzene rings is 1. The molecule has 1 unspecified atom stereocenters. The van der Waals surface area contributed by atoms with Gasteiger partial charge in [-0.25, -0.2) is 9.97 Å². The number of imide groups is 1. The molecule has 1 aromatic carbocycles. The van der Waals surface area contributed by atoms with Crippen molar-refractivity contribution in [2.45, 2.75) is 31.7 Å². The number of fused-ring (bicyclic) bond motifs is 1. The molecule has 202 valence electrons. The molecule has 1 saturated heterocycles. The second kappa shape index (κ2) is 11.8. The number of ether oxygens (including phenoxy) is 1. The van der Waals surface area contributed by atoms with Crippen LogP contribution in [0.3, 0.4) is 0 Å². The molecule has 0 bridgehead atoms. The van der Waals surface area contributed by atoms with Crippen LogP contribution in [-0.4, -0.2) is 48.0 Å². The third kappa shape index (κ3) is 5.69. The van der Waals surface area contributed by atoms with E-state index in [1.54, 1.807) is 23.3 Å². The number of carbonyl (C=O) groups is 2. The fourth-order valence-corrected chi connectivity index (χ4v) is 6.62. The number of likely N-dealkylation sites (N-methyl/N-ethyl adjacent to an activating group) is 1. The Bertz CT molecular complexity index is 1510. The van der Waals surface area contributed by atoms with Crippen LogP contribution in [-0.2, 0) is 9.59 Å². The molecule has 1 atom stereocenters. The quantitative estimate of drug-likeness (QED) is 0.269. The Labute approximate surface area is 240 Å². The van der Waals surface area contributed by atoms with Gasteiger partial charge in [-0.2, -0.15) is 0 Å². The van der Waals surface area contributed by atoms with Gasteiger partial charge >= 0.3 is 0 Å². The van der Waals surface area contributed by atoms with Crippen molar-refractivity contribution >= 4 is 62.9 Å². The van der Waals surface area contributed by atoms with Gasteiger partial charge in [-0.05, 0) is 61.5 Å². The fraction of sp³-hybridized carbons (Fsp3) is 0.286. The molecule has 0 radical (unpaired) electrons. The minimum Gasteiger partial charge on any atom is -0.494 e. The lowest BCUT2D eigenvalue weighted by Gasteiger charge is -2.23. The first-order chi connectivity index (χ1) is 18.6. The summed E-state index contributed by atoms with van der Waals surface area (Å²) in [6, 6.07) is 12.4. The molecule has 3 aromatic heterocycles. The SMILES string of the molecule is CN(C1=CC(=O)NC1=O)c1nc(-c2ccc(OCCC3CCCCN3)cc2)nc2scc(-c3cccs3)c12.Cl. The predicted molar refractivity (Wildman–Crippen MR) is 159 cm³/mol. The van der Waals surface area contributed by atoms with Gasteiger partial charge in [0.1, 0.15) is 22.1 Å². The molecule has 2 aliphatic rings. The zero-order valence-electron chi connectivity index (χ0n) is 21.3. The van der Waals surface area contributed by atoms with Crippen LogP contribution in [0.1, 0.15) is 25.7 Å². The first-order valence-corrected chi connectivity index (χ1v) is 14.4. The van der Waals surface area contributed by atoms with Crippen molar-refractivity contribution in [3.8, 4) is 27.6 Å². The summed E-state index contributed by atoms with van der Waals surface area (Å²) in [6.45, 7) is 1.77. The van der Waals surface area contributed by atoms with E-state index in [-0.39, 0.29) is 18.1 Å². The molecule has 8 nitrogen and oxygen atoms in total. The lowest BCUT2D eigenvalue weighted by Crippen LogP contribution is -2.35. The van der Waals surface area contributed by atoms with Crippen molar-refractivity contribution in [1.29, 1.82) is 0 Å². The molecule has 6 rings (SSSR count). The lowest BCUT2D eigenvalue weighted by molar-refractivity contribution is -0.123. The Balaban J connectivity index is 0.00000308. The topological polar surface area (TPSA) is 96.5 Å². The van der Waals surface area contributed by atoms with Crippen LogP contribution in [0.2, 0.25) is 0 Å². The van der Waals surface area contributed by atoms with Crippen LogP contribution in [0, 0.1) is 0 Å². The Morgan fingerprint density at radius 3 is 2.64 bits per heavy atom. The minimum absolute atomic E-state index is 0. The van der Waals surface area contributed by atoms with Crippen molar-refractivity contribution in [2.75, 3.05) is 25.1 Å². The highest BCUT2D eigenvalue weighted by Crippen LogP contribution is 2.41. The number of carbonyl (C=O) groups excluding carboxylic acids is 2. The van der Waals surface area contributed by atoms with Crippen molar-refractivity contribution in [3.63, 3.8) is 0 Å². The molecular weight excluding hydrogens is 554 g/mol. The van der Waals surface area contributed by atoms with Crippen molar-refractivity contribution in [3.05, 3.63) is 58.9 Å². The molecule has 0 spiro atoms. The van der Waals surface area contributed by atoms with Crippen molar-refractivity contribution < 1.29 is 14.3 Å². The van der Waals surface area contributed by atoms with Gasteiger partial charge in [0.2, 0.25) is 0 Å². The molecule has 4 aromatic rings. The number of anilines is 1. The normalized spacial score (nSPS) is 17.1. The number of hydrogen-bond donors (Lipinski definition) is 2. The number of amides is 2. The summed E-state index contributed by atoms with van der Waals surface area (Å²) >= 11 is 3.17. The minimum atomic E-state index is -0.441. The van der Waals surface area contributed by atoms with Crippen molar-refractivity contribution in [1.82, 2.24) is 20.6 Å². The molecule has 2 aliphatic heterocycles. The van der Waals surface area contributed by atoms with Gasteiger partial charge in [0.15, 0.2) is 5.82 Å². The Kier molecular flexibility index (Phi) is 8.27. The highest BCUT2D eigenvalue weighted by atomic mass is 35.5. The molecule has 2 amide bonds. The number of nitrogens with zero attached hydrogens (tertiary/aromatic N) is 3. The smallest absolute Gasteiger partial charge is 0.274 e. The third-order valence-electron chi connectivity index (χ3n) is 6.88. The fourth-order valence-electron chi connectivity index (χ4n) is 4.86. The van der Waals surface area contributed by atoms with E-state index in [9.17, 15) is 9.59 Å². The lowest BCUT2D eigenvalue weighted by atomic mass is 10.0. The van der Waals surface area contributed by atoms with Crippen LogP contribution >= 0.6 is 35.1 Å². The zero-order chi connectivity index (χ0) is 26.1. The predicted octanol–water partition coefficient (Wildman–Crippen LogP) is 5.40. The maximum atomic E-state index is 12.5. The summed E-state index contributed by atoms with van der Waals surface area (Å²) in [4.78, 5) is 37.7. The number of aromatic nitrogens is 2. The van der Waals surface area contributed by atoms with Gasteiger partial charge in [-0.15, -0.1) is 35.1 Å². The van der Waals surface area contributed by atoms with Gasteiger partial charge in [0, 0.05) is 40.5 Å². The average molecular weight is 582 g/mol. The first kappa shape index (κ1) is 27.3. The monoisotopic (exact) mass is 581 g/mol. The van der Waals surface area contributed by atoms with E-state index in [1.807, 2.05) is 35.7 Å². The van der Waals surface area contributed by atoms with Crippen molar-refractivity contribution in [2.24, 2.45) is 0 Å². The van der Waals surface area contributed by atoms with E-state index in [4.69, 9.17) is 14.7 Å². The van der Waals surface area contributed by atoms with Crippen LogP contribution in [0.25, 0.3) is 32.0 Å². The van der Waals surface area contributed by atoms with Crippen LogP contribution in [0.4, 0.5) is 5.82 Å². The van der Waals surface area contributed by atoms with E-state index in [0.29, 0.717) is 24.3 Å². The Hall–Kier alpha value is -3.31. The summed E-state index contributed by atoms with van der Waals surface area (Å²) in [7, 11) is 1.75. The third-order valence-corrected chi connectivity index (χ3v) is 8.65. The summed E-state index contributed by atoms with van der Waals surface area (Å²) in [5.74, 6) is 1.06. The Morgan fingerprint density at radius 2 is 1.95 bits per heavy atom. The van der Waals surface area contributed by atoms with Crippen LogP contribution in [0.15, 0.2) is 58.9 Å². The molecule has 1 fully saturated rings. The number of hydrogen-bond acceptors (Lipinski definition) is 9. The number of halogens is 1. The van der Waals surface area contributed by atoms with Crippen LogP contribution in [0.5, 0.6) is 5.75 Å². The van der Waals surface area contributed by atoms with E-state index >= 15 is 0 Å². The van der Waals surface area contributed by atoms with E-state index < -0.39 is 11.8 Å². The highest BCUT2D eigenvalue weighted by molar-refractivity contribution is 7.18. The second-order valence-electron chi connectivity index (χ2n) is 9.39. The summed E-state index contributed by atoms with van der Waals surface area (Å²) < 4.78 is 6.00. The van der Waals surface area contributed by atoms with E-state index in [1.165, 1.54) is 36.7 Å². The van der Waals surface area contributed by atoms with Gasteiger partial charge < -0.3 is 15.0 Å². The summed E-state index contributed by atoms with van der Waals surface area (Å²) in [6.07, 6.45) is 6.05. The van der Waals surface area contributed by atoms with Gasteiger partial charge in [0.25, 0.3) is 11.8 Å². The van der Waals surface area contributed by atoms with Gasteiger partial charge in [-0.1, -0.05) is 12.5 Å². The number of nitrogens with one attached hydrogen (secondary N) is 2. The molecule has 11 heteroatoms. The first-order valence-electron chi connectivity index (χ1n) is 12.7. The van der Waals surface area contributed by atoms with Crippen LogP contribution < -0.4 is 20.3 Å². The highest BCUT2D eigenvalue weighted by Gasteiger charge is 2.28. The zero-order valence-corrected chi connectivity index (χ0v) is 23.8. The second-order valence-corrected chi connectivity index (χ2v) is 11.2. The molecule has 5 heterocycles. The van der Waals surface area contributed by atoms with Gasteiger partial charge in [0.05, 0.1) is 12.0 Å². The van der Waals surface area contributed by atoms with E-state index in [0.717, 1.165) is 44.9 Å². The van der Waals surface area contributed by atoms with E-state index in [2.05, 4.69) is 22.1 Å². The molecular formula is C28H28ClN5O3S2. The maximum absolute atomic E-state index is 12.5. The number of piperidine rings is 1. The maximum Gasteiger partial charge on any atom is 0.274 e. The summed E-state index contributed by atoms with van der Waals surface area (Å²) in [5.41, 5.74) is 2.10.